The smallest absolute Gasteiger partial charge is 0.231 e. The van der Waals surface area contributed by atoms with Crippen LogP contribution < -0.4 is 14.8 Å². The molecule has 1 saturated heterocycles. The first kappa shape index (κ1) is 11.8. The van der Waals surface area contributed by atoms with Gasteiger partial charge in [0.1, 0.15) is 0 Å². The van der Waals surface area contributed by atoms with Gasteiger partial charge in [-0.25, -0.2) is 0 Å². The van der Waals surface area contributed by atoms with E-state index in [1.807, 2.05) is 6.07 Å². The van der Waals surface area contributed by atoms with Gasteiger partial charge in [0.05, 0.1) is 0 Å². The third kappa shape index (κ3) is 1.95. The molecule has 0 saturated carbocycles. The molecular formula is C14H20N2O2. The molecule has 0 amide bonds. The second-order valence-electron chi connectivity index (χ2n) is 5.36. The van der Waals surface area contributed by atoms with Crippen molar-refractivity contribution >= 4 is 0 Å². The lowest BCUT2D eigenvalue weighted by molar-refractivity contribution is 0.102. The van der Waals surface area contributed by atoms with E-state index < -0.39 is 0 Å². The van der Waals surface area contributed by atoms with Crippen LogP contribution in [0.3, 0.4) is 0 Å². The molecule has 2 aliphatic rings. The maximum atomic E-state index is 5.47. The number of nitrogens with one attached hydrogen (secondary N) is 1. The fourth-order valence-corrected chi connectivity index (χ4v) is 2.68. The molecule has 1 aromatic carbocycles. The molecule has 2 heterocycles. The molecule has 18 heavy (non-hydrogen) atoms. The summed E-state index contributed by atoms with van der Waals surface area (Å²) >= 11 is 0. The molecular weight excluding hydrogens is 228 g/mol. The van der Waals surface area contributed by atoms with Crippen molar-refractivity contribution in [2.45, 2.75) is 19.4 Å². The third-order valence-corrected chi connectivity index (χ3v) is 3.99. The number of nitrogens with zero attached hydrogens (tertiary/aromatic N) is 1. The summed E-state index contributed by atoms with van der Waals surface area (Å²) < 4.78 is 10.8. The minimum Gasteiger partial charge on any atom is -0.454 e. The Kier molecular flexibility index (Phi) is 2.92. The summed E-state index contributed by atoms with van der Waals surface area (Å²) in [5.41, 5.74) is 1.32. The topological polar surface area (TPSA) is 33.7 Å². The molecule has 98 valence electrons. The molecule has 0 spiro atoms. The van der Waals surface area contributed by atoms with Crippen LogP contribution in [0.25, 0.3) is 0 Å². The number of hydrogen-bond acceptors (Lipinski definition) is 4. The van der Waals surface area contributed by atoms with Crippen LogP contribution >= 0.6 is 0 Å². The van der Waals surface area contributed by atoms with Crippen molar-refractivity contribution < 1.29 is 9.47 Å². The van der Waals surface area contributed by atoms with Gasteiger partial charge in [0.25, 0.3) is 0 Å². The number of rotatable bonds is 2. The average molecular weight is 248 g/mol. The Hall–Kier alpha value is -1.26. The Balaban J connectivity index is 1.87. The molecule has 4 nitrogen and oxygen atoms in total. The van der Waals surface area contributed by atoms with Gasteiger partial charge in [-0.15, -0.1) is 0 Å². The van der Waals surface area contributed by atoms with Crippen LogP contribution in [0.4, 0.5) is 0 Å². The van der Waals surface area contributed by atoms with Crippen molar-refractivity contribution in [1.82, 2.24) is 10.2 Å². The highest BCUT2D eigenvalue weighted by atomic mass is 16.7. The van der Waals surface area contributed by atoms with Crippen molar-refractivity contribution in [2.75, 3.05) is 33.0 Å². The minimum absolute atomic E-state index is 0.0308. The molecule has 0 aliphatic carbocycles. The summed E-state index contributed by atoms with van der Waals surface area (Å²) in [6.07, 6.45) is 0. The maximum absolute atomic E-state index is 5.47. The van der Waals surface area contributed by atoms with Crippen molar-refractivity contribution in [1.29, 1.82) is 0 Å². The van der Waals surface area contributed by atoms with Crippen LogP contribution in [0, 0.1) is 0 Å². The summed E-state index contributed by atoms with van der Waals surface area (Å²) in [4.78, 5) is 2.51. The number of hydrogen-bond donors (Lipinski definition) is 1. The van der Waals surface area contributed by atoms with E-state index in [2.05, 4.69) is 36.2 Å². The van der Waals surface area contributed by atoms with Crippen molar-refractivity contribution in [2.24, 2.45) is 0 Å². The molecule has 0 unspecified atom stereocenters. The van der Waals surface area contributed by atoms with Gasteiger partial charge in [-0.3, -0.25) is 4.90 Å². The SMILES string of the molecule is CC(C)(c1ccc2c(c1)OCO2)N1CCNCC1. The summed E-state index contributed by atoms with van der Waals surface area (Å²) in [6.45, 7) is 9.18. The Bertz CT molecular complexity index is 439. The van der Waals surface area contributed by atoms with Gasteiger partial charge in [0, 0.05) is 31.7 Å². The second-order valence-corrected chi connectivity index (χ2v) is 5.36. The van der Waals surface area contributed by atoms with Crippen molar-refractivity contribution in [3.05, 3.63) is 23.8 Å². The fraction of sp³-hybridized carbons (Fsp3) is 0.571. The zero-order valence-electron chi connectivity index (χ0n) is 11.0. The van der Waals surface area contributed by atoms with Crippen LogP contribution in [-0.2, 0) is 5.54 Å². The standard InChI is InChI=1S/C14H20N2O2/c1-14(2,16-7-5-15-6-8-16)11-3-4-12-13(9-11)18-10-17-12/h3-4,9,15H,5-8,10H2,1-2H3. The van der Waals surface area contributed by atoms with E-state index in [0.717, 1.165) is 37.7 Å². The molecule has 1 fully saturated rings. The largest absolute Gasteiger partial charge is 0.454 e. The first-order valence-electron chi connectivity index (χ1n) is 6.54. The highest BCUT2D eigenvalue weighted by Crippen LogP contribution is 2.37. The zero-order valence-corrected chi connectivity index (χ0v) is 11.0. The van der Waals surface area contributed by atoms with Crippen LogP contribution in [-0.4, -0.2) is 37.9 Å². The van der Waals surface area contributed by atoms with E-state index >= 15 is 0 Å². The molecule has 1 N–H and O–H groups in total. The van der Waals surface area contributed by atoms with Gasteiger partial charge < -0.3 is 14.8 Å². The Morgan fingerprint density at radius 2 is 1.83 bits per heavy atom. The summed E-state index contributed by atoms with van der Waals surface area (Å²) in [6, 6.07) is 6.28. The average Bonchev–Trinajstić information content (AvgIpc) is 2.87. The summed E-state index contributed by atoms with van der Waals surface area (Å²) in [5, 5.41) is 3.39. The Morgan fingerprint density at radius 1 is 1.11 bits per heavy atom. The predicted octanol–water partition coefficient (Wildman–Crippen LogP) is 1.56. The van der Waals surface area contributed by atoms with Gasteiger partial charge >= 0.3 is 0 Å². The lowest BCUT2D eigenvalue weighted by Crippen LogP contribution is -2.51. The number of ether oxygens (including phenoxy) is 2. The lowest BCUT2D eigenvalue weighted by Gasteiger charge is -2.41. The van der Waals surface area contributed by atoms with E-state index in [0.29, 0.717) is 6.79 Å². The molecule has 4 heteroatoms. The van der Waals surface area contributed by atoms with Gasteiger partial charge in [-0.2, -0.15) is 0 Å². The minimum atomic E-state index is 0.0308. The fourth-order valence-electron chi connectivity index (χ4n) is 2.68. The first-order chi connectivity index (χ1) is 8.68. The van der Waals surface area contributed by atoms with Gasteiger partial charge in [-0.05, 0) is 31.5 Å². The van der Waals surface area contributed by atoms with E-state index in [-0.39, 0.29) is 5.54 Å². The van der Waals surface area contributed by atoms with Crippen LogP contribution in [0.15, 0.2) is 18.2 Å². The predicted molar refractivity (Wildman–Crippen MR) is 70.0 cm³/mol. The zero-order chi connectivity index (χ0) is 12.6. The Labute approximate surface area is 108 Å². The lowest BCUT2D eigenvalue weighted by atomic mass is 9.91. The van der Waals surface area contributed by atoms with E-state index in [1.54, 1.807) is 0 Å². The molecule has 3 rings (SSSR count). The number of fused-ring (bicyclic) bond motifs is 1. The first-order valence-corrected chi connectivity index (χ1v) is 6.54. The maximum Gasteiger partial charge on any atom is 0.231 e. The highest BCUT2D eigenvalue weighted by molar-refractivity contribution is 5.46. The van der Waals surface area contributed by atoms with Crippen LogP contribution in [0.2, 0.25) is 0 Å². The third-order valence-electron chi connectivity index (χ3n) is 3.99. The number of piperazine rings is 1. The normalized spacial score (nSPS) is 20.1. The molecule has 0 radical (unpaired) electrons. The Morgan fingerprint density at radius 3 is 2.61 bits per heavy atom. The highest BCUT2D eigenvalue weighted by Gasteiger charge is 2.30. The van der Waals surface area contributed by atoms with Gasteiger partial charge in [0.15, 0.2) is 11.5 Å². The molecule has 0 atom stereocenters. The van der Waals surface area contributed by atoms with E-state index in [4.69, 9.17) is 9.47 Å². The van der Waals surface area contributed by atoms with Crippen LogP contribution in [0.5, 0.6) is 11.5 Å². The number of benzene rings is 1. The van der Waals surface area contributed by atoms with Crippen molar-refractivity contribution in [3.63, 3.8) is 0 Å². The van der Waals surface area contributed by atoms with E-state index in [1.165, 1.54) is 5.56 Å². The second kappa shape index (κ2) is 4.44. The monoisotopic (exact) mass is 248 g/mol. The molecule has 0 aromatic heterocycles. The van der Waals surface area contributed by atoms with Gasteiger partial charge in [0.2, 0.25) is 6.79 Å². The summed E-state index contributed by atoms with van der Waals surface area (Å²) in [5.74, 6) is 1.73. The van der Waals surface area contributed by atoms with Gasteiger partial charge in [-0.1, -0.05) is 6.07 Å². The van der Waals surface area contributed by atoms with E-state index in [9.17, 15) is 0 Å². The molecule has 1 aromatic rings. The quantitative estimate of drug-likeness (QED) is 0.861. The molecule has 2 aliphatic heterocycles. The van der Waals surface area contributed by atoms with Crippen molar-refractivity contribution in [3.8, 4) is 11.5 Å². The molecule has 0 bridgehead atoms. The summed E-state index contributed by atoms with van der Waals surface area (Å²) in [7, 11) is 0. The van der Waals surface area contributed by atoms with Crippen LogP contribution in [0.1, 0.15) is 19.4 Å².